The van der Waals surface area contributed by atoms with Crippen LogP contribution in [0.1, 0.15) is 47.0 Å². The Balaban J connectivity index is 2.34. The smallest absolute Gasteiger partial charge is 0.191 e. The van der Waals surface area contributed by atoms with Crippen LogP contribution in [0.25, 0.3) is 0 Å². The second-order valence-corrected chi connectivity index (χ2v) is 6.67. The lowest BCUT2D eigenvalue weighted by Crippen LogP contribution is -2.47. The zero-order valence-electron chi connectivity index (χ0n) is 13.4. The Bertz CT molecular complexity index is 272. The van der Waals surface area contributed by atoms with Crippen LogP contribution in [0.2, 0.25) is 0 Å². The van der Waals surface area contributed by atoms with Crippen LogP contribution in [0.15, 0.2) is 4.99 Å². The predicted molar refractivity (Wildman–Crippen MR) is 83.7 cm³/mol. The molecule has 0 aromatic heterocycles. The van der Waals surface area contributed by atoms with Crippen LogP contribution in [0.4, 0.5) is 0 Å². The topological polar surface area (TPSA) is 39.7 Å². The Morgan fingerprint density at radius 1 is 1.26 bits per heavy atom. The zero-order chi connectivity index (χ0) is 14.3. The van der Waals surface area contributed by atoms with Gasteiger partial charge in [-0.05, 0) is 73.0 Å². The van der Waals surface area contributed by atoms with Crippen molar-refractivity contribution < 1.29 is 0 Å². The van der Waals surface area contributed by atoms with Gasteiger partial charge in [-0.2, -0.15) is 0 Å². The van der Waals surface area contributed by atoms with Gasteiger partial charge in [-0.25, -0.2) is 0 Å². The van der Waals surface area contributed by atoms with E-state index in [9.17, 15) is 0 Å². The predicted octanol–water partition coefficient (Wildman–Crippen LogP) is 2.07. The van der Waals surface area contributed by atoms with Crippen molar-refractivity contribution in [1.82, 2.24) is 15.5 Å². The number of piperidine rings is 1. The quantitative estimate of drug-likeness (QED) is 0.606. The molecule has 1 fully saturated rings. The monoisotopic (exact) mass is 268 g/mol. The molecule has 0 aliphatic carbocycles. The molecular formula is C15H32N4. The third kappa shape index (κ3) is 7.41. The summed E-state index contributed by atoms with van der Waals surface area (Å²) in [5, 5.41) is 6.75. The average molecular weight is 268 g/mol. The maximum atomic E-state index is 4.69. The fourth-order valence-corrected chi connectivity index (χ4v) is 2.37. The Morgan fingerprint density at radius 2 is 1.89 bits per heavy atom. The number of hydrogen-bond acceptors (Lipinski definition) is 2. The van der Waals surface area contributed by atoms with E-state index in [-0.39, 0.29) is 5.54 Å². The number of nitrogens with zero attached hydrogens (tertiary/aromatic N) is 2. The number of nitrogens with one attached hydrogen (secondary N) is 2. The molecule has 0 aromatic rings. The fraction of sp³-hybridized carbons (Fsp3) is 0.933. The van der Waals surface area contributed by atoms with Crippen molar-refractivity contribution in [3.05, 3.63) is 0 Å². The van der Waals surface area contributed by atoms with Crippen molar-refractivity contribution in [1.29, 1.82) is 0 Å². The summed E-state index contributed by atoms with van der Waals surface area (Å²) >= 11 is 0. The van der Waals surface area contributed by atoms with E-state index in [1.807, 2.05) is 0 Å². The standard InChI is InChI=1S/C15H32N4/c1-6-16-14(18-15(2,3)4)17-10-7-13-8-11-19(5)12-9-13/h13H,6-12H2,1-5H3,(H2,16,17,18). The molecule has 1 aliphatic heterocycles. The summed E-state index contributed by atoms with van der Waals surface area (Å²) in [4.78, 5) is 7.11. The number of rotatable bonds is 4. The maximum Gasteiger partial charge on any atom is 0.191 e. The summed E-state index contributed by atoms with van der Waals surface area (Å²) in [5.74, 6) is 1.81. The Morgan fingerprint density at radius 3 is 2.42 bits per heavy atom. The molecule has 19 heavy (non-hydrogen) atoms. The minimum absolute atomic E-state index is 0.0640. The number of aliphatic imine (C=N–C) groups is 1. The summed E-state index contributed by atoms with van der Waals surface area (Å²) in [6.45, 7) is 12.9. The van der Waals surface area contributed by atoms with E-state index in [1.54, 1.807) is 0 Å². The summed E-state index contributed by atoms with van der Waals surface area (Å²) in [6.07, 6.45) is 3.87. The van der Waals surface area contributed by atoms with Gasteiger partial charge in [-0.15, -0.1) is 0 Å². The van der Waals surface area contributed by atoms with Gasteiger partial charge in [0.1, 0.15) is 0 Å². The number of likely N-dealkylation sites (tertiary alicyclic amines) is 1. The zero-order valence-corrected chi connectivity index (χ0v) is 13.4. The molecule has 0 bridgehead atoms. The van der Waals surface area contributed by atoms with Gasteiger partial charge < -0.3 is 15.5 Å². The lowest BCUT2D eigenvalue weighted by Gasteiger charge is -2.28. The van der Waals surface area contributed by atoms with E-state index < -0.39 is 0 Å². The van der Waals surface area contributed by atoms with Crippen LogP contribution in [0.5, 0.6) is 0 Å². The van der Waals surface area contributed by atoms with E-state index in [1.165, 1.54) is 32.4 Å². The van der Waals surface area contributed by atoms with E-state index in [0.29, 0.717) is 0 Å². The van der Waals surface area contributed by atoms with E-state index in [0.717, 1.165) is 25.0 Å². The molecule has 0 spiro atoms. The molecule has 0 unspecified atom stereocenters. The maximum absolute atomic E-state index is 4.69. The summed E-state index contributed by atoms with van der Waals surface area (Å²) in [7, 11) is 2.21. The van der Waals surface area contributed by atoms with Crippen molar-refractivity contribution in [3.63, 3.8) is 0 Å². The first kappa shape index (κ1) is 16.3. The van der Waals surface area contributed by atoms with Crippen LogP contribution < -0.4 is 10.6 Å². The summed E-state index contributed by atoms with van der Waals surface area (Å²) in [5.41, 5.74) is 0.0640. The van der Waals surface area contributed by atoms with Crippen LogP contribution >= 0.6 is 0 Å². The first-order chi connectivity index (χ1) is 8.90. The minimum atomic E-state index is 0.0640. The molecule has 4 heteroatoms. The van der Waals surface area contributed by atoms with E-state index >= 15 is 0 Å². The van der Waals surface area contributed by atoms with Gasteiger partial charge in [0.25, 0.3) is 0 Å². The highest BCUT2D eigenvalue weighted by atomic mass is 15.2. The molecular weight excluding hydrogens is 236 g/mol. The second kappa shape index (κ2) is 7.73. The molecule has 112 valence electrons. The highest BCUT2D eigenvalue weighted by molar-refractivity contribution is 5.80. The van der Waals surface area contributed by atoms with Crippen LogP contribution in [-0.2, 0) is 0 Å². The summed E-state index contributed by atoms with van der Waals surface area (Å²) < 4.78 is 0. The SMILES string of the molecule is CCNC(=NCCC1CCN(C)CC1)NC(C)(C)C. The van der Waals surface area contributed by atoms with Gasteiger partial charge in [0.15, 0.2) is 5.96 Å². The largest absolute Gasteiger partial charge is 0.357 e. The lowest BCUT2D eigenvalue weighted by molar-refractivity contribution is 0.214. The van der Waals surface area contributed by atoms with Crippen molar-refractivity contribution in [2.75, 3.05) is 33.2 Å². The molecule has 1 saturated heterocycles. The number of guanidine groups is 1. The van der Waals surface area contributed by atoms with E-state index in [4.69, 9.17) is 4.99 Å². The minimum Gasteiger partial charge on any atom is -0.357 e. The Labute approximate surface area is 119 Å². The fourth-order valence-electron chi connectivity index (χ4n) is 2.37. The molecule has 0 atom stereocenters. The van der Waals surface area contributed by atoms with Gasteiger partial charge in [0, 0.05) is 18.6 Å². The normalized spacial score (nSPS) is 19.5. The van der Waals surface area contributed by atoms with Gasteiger partial charge in [0.05, 0.1) is 0 Å². The average Bonchev–Trinajstić information content (AvgIpc) is 2.30. The third-order valence-electron chi connectivity index (χ3n) is 3.48. The second-order valence-electron chi connectivity index (χ2n) is 6.67. The van der Waals surface area contributed by atoms with Crippen LogP contribution in [-0.4, -0.2) is 49.6 Å². The molecule has 0 aromatic carbocycles. The number of hydrogen-bond donors (Lipinski definition) is 2. The van der Waals surface area contributed by atoms with Gasteiger partial charge in [0.2, 0.25) is 0 Å². The third-order valence-corrected chi connectivity index (χ3v) is 3.48. The van der Waals surface area contributed by atoms with Crippen LogP contribution in [0.3, 0.4) is 0 Å². The molecule has 0 amide bonds. The van der Waals surface area contributed by atoms with Crippen molar-refractivity contribution in [2.24, 2.45) is 10.9 Å². The van der Waals surface area contributed by atoms with Gasteiger partial charge in [-0.3, -0.25) is 4.99 Å². The molecule has 1 rings (SSSR count). The first-order valence-corrected chi connectivity index (χ1v) is 7.65. The van der Waals surface area contributed by atoms with Crippen LogP contribution in [0, 0.1) is 5.92 Å². The molecule has 0 saturated carbocycles. The van der Waals surface area contributed by atoms with Crippen molar-refractivity contribution in [2.45, 2.75) is 52.5 Å². The molecule has 2 N–H and O–H groups in total. The molecule has 0 radical (unpaired) electrons. The van der Waals surface area contributed by atoms with Gasteiger partial charge >= 0.3 is 0 Å². The highest BCUT2D eigenvalue weighted by Crippen LogP contribution is 2.19. The highest BCUT2D eigenvalue weighted by Gasteiger charge is 2.16. The Kier molecular flexibility index (Phi) is 6.63. The van der Waals surface area contributed by atoms with Gasteiger partial charge in [-0.1, -0.05) is 0 Å². The molecule has 4 nitrogen and oxygen atoms in total. The molecule has 1 heterocycles. The van der Waals surface area contributed by atoms with Crippen molar-refractivity contribution >= 4 is 5.96 Å². The molecule has 1 aliphatic rings. The van der Waals surface area contributed by atoms with E-state index in [2.05, 4.69) is 50.3 Å². The Hall–Kier alpha value is -0.770. The van der Waals surface area contributed by atoms with Crippen molar-refractivity contribution in [3.8, 4) is 0 Å². The first-order valence-electron chi connectivity index (χ1n) is 7.65. The summed E-state index contributed by atoms with van der Waals surface area (Å²) in [6, 6.07) is 0. The lowest BCUT2D eigenvalue weighted by atomic mass is 9.94.